The number of ketones is 1. The number of hydrogen-bond acceptors (Lipinski definition) is 4. The van der Waals surface area contributed by atoms with Gasteiger partial charge in [-0.25, -0.2) is 4.79 Å². The number of carbonyl (C=O) groups excluding carboxylic acids is 2. The summed E-state index contributed by atoms with van der Waals surface area (Å²) in [6, 6.07) is 11.2. The molecule has 1 saturated heterocycles. The van der Waals surface area contributed by atoms with Gasteiger partial charge in [-0.15, -0.1) is 0 Å². The van der Waals surface area contributed by atoms with Crippen molar-refractivity contribution >= 4 is 11.8 Å². The van der Waals surface area contributed by atoms with Crippen molar-refractivity contribution in [3.8, 4) is 5.75 Å². The van der Waals surface area contributed by atoms with E-state index in [0.717, 1.165) is 29.7 Å². The number of nitrogens with one attached hydrogen (secondary N) is 1. The number of amides is 2. The molecule has 0 aliphatic carbocycles. The van der Waals surface area contributed by atoms with Crippen LogP contribution in [0.4, 0.5) is 4.79 Å². The van der Waals surface area contributed by atoms with Crippen LogP contribution < -0.4 is 10.1 Å². The number of ether oxygens (including phenoxy) is 1. The third-order valence-corrected chi connectivity index (χ3v) is 5.03. The van der Waals surface area contributed by atoms with E-state index < -0.39 is 0 Å². The monoisotopic (exact) mass is 381 g/mol. The first-order chi connectivity index (χ1) is 13.6. The molecule has 0 spiro atoms. The van der Waals surface area contributed by atoms with Crippen molar-refractivity contribution in [2.24, 2.45) is 5.92 Å². The summed E-state index contributed by atoms with van der Waals surface area (Å²) >= 11 is 0. The summed E-state index contributed by atoms with van der Waals surface area (Å²) in [5, 5.41) is 2.90. The van der Waals surface area contributed by atoms with Crippen molar-refractivity contribution in [1.82, 2.24) is 15.2 Å². The predicted octanol–water partition coefficient (Wildman–Crippen LogP) is 3.38. The van der Waals surface area contributed by atoms with Crippen LogP contribution in [0.2, 0.25) is 0 Å². The first-order valence-corrected chi connectivity index (χ1v) is 9.73. The van der Waals surface area contributed by atoms with Crippen LogP contribution >= 0.6 is 0 Å². The zero-order valence-corrected chi connectivity index (χ0v) is 16.5. The van der Waals surface area contributed by atoms with Gasteiger partial charge in [0.25, 0.3) is 0 Å². The van der Waals surface area contributed by atoms with Crippen LogP contribution in [0.15, 0.2) is 42.6 Å². The lowest BCUT2D eigenvalue weighted by atomic mass is 9.92. The molecule has 1 aliphatic heterocycles. The number of piperidine rings is 1. The summed E-state index contributed by atoms with van der Waals surface area (Å²) in [6.07, 6.45) is 3.22. The quantitative estimate of drug-likeness (QED) is 0.615. The summed E-state index contributed by atoms with van der Waals surface area (Å²) in [6.45, 7) is 5.93. The molecule has 28 heavy (non-hydrogen) atoms. The average Bonchev–Trinajstić information content (AvgIpc) is 2.73. The Bertz CT molecular complexity index is 803. The maximum absolute atomic E-state index is 12.6. The largest absolute Gasteiger partial charge is 0.491 e. The maximum atomic E-state index is 12.6. The highest BCUT2D eigenvalue weighted by Crippen LogP contribution is 2.22. The predicted molar refractivity (Wildman–Crippen MR) is 108 cm³/mol. The number of pyridine rings is 1. The zero-order valence-electron chi connectivity index (χ0n) is 16.5. The lowest BCUT2D eigenvalue weighted by molar-refractivity contribution is 0.0840. The molecule has 0 radical (unpaired) electrons. The van der Waals surface area contributed by atoms with E-state index in [1.54, 1.807) is 23.2 Å². The minimum atomic E-state index is -0.194. The molecule has 6 heteroatoms. The van der Waals surface area contributed by atoms with Gasteiger partial charge < -0.3 is 15.0 Å². The van der Waals surface area contributed by atoms with Crippen LogP contribution in [0, 0.1) is 19.8 Å². The van der Waals surface area contributed by atoms with Gasteiger partial charge in [0.2, 0.25) is 0 Å². The lowest BCUT2D eigenvalue weighted by Gasteiger charge is -2.31. The number of hydrogen-bond donors (Lipinski definition) is 1. The summed E-state index contributed by atoms with van der Waals surface area (Å²) in [7, 11) is 0. The lowest BCUT2D eigenvalue weighted by Crippen LogP contribution is -2.47. The highest BCUT2D eigenvalue weighted by Gasteiger charge is 2.29. The molecule has 1 aliphatic rings. The zero-order chi connectivity index (χ0) is 19.9. The molecule has 1 aromatic carbocycles. The molecular formula is C22H27N3O3. The van der Waals surface area contributed by atoms with Crippen molar-refractivity contribution < 1.29 is 14.3 Å². The first-order valence-electron chi connectivity index (χ1n) is 9.73. The SMILES string of the molecule is Cc1cccc(C)c1OCCNC(=O)N1CCCC(C(=O)c2ccccn2)C1. The molecule has 0 saturated carbocycles. The Morgan fingerprint density at radius 2 is 1.96 bits per heavy atom. The van der Waals surface area contributed by atoms with Crippen molar-refractivity contribution in [2.75, 3.05) is 26.2 Å². The molecular weight excluding hydrogens is 354 g/mol. The number of aromatic nitrogens is 1. The number of benzene rings is 1. The minimum Gasteiger partial charge on any atom is -0.491 e. The standard InChI is InChI=1S/C22H27N3O3/c1-16-7-5-8-17(2)21(16)28-14-12-24-22(27)25-13-6-9-18(15-25)20(26)19-10-3-4-11-23-19/h3-5,7-8,10-11,18H,6,9,12-15H2,1-2H3,(H,24,27). The van der Waals surface area contributed by atoms with Gasteiger partial charge >= 0.3 is 6.03 Å². The molecule has 2 heterocycles. The van der Waals surface area contributed by atoms with E-state index >= 15 is 0 Å². The molecule has 6 nitrogen and oxygen atoms in total. The Morgan fingerprint density at radius 3 is 2.68 bits per heavy atom. The van der Waals surface area contributed by atoms with E-state index in [-0.39, 0.29) is 17.7 Å². The first kappa shape index (κ1) is 19.9. The minimum absolute atomic E-state index is 0.0106. The number of aryl methyl sites for hydroxylation is 2. The Morgan fingerprint density at radius 1 is 1.18 bits per heavy atom. The summed E-state index contributed by atoms with van der Waals surface area (Å²) in [5.74, 6) is 0.687. The van der Waals surface area contributed by atoms with E-state index in [4.69, 9.17) is 4.74 Å². The van der Waals surface area contributed by atoms with Gasteiger partial charge in [0, 0.05) is 25.2 Å². The normalized spacial score (nSPS) is 16.5. The molecule has 3 rings (SSSR count). The van der Waals surface area contributed by atoms with Gasteiger partial charge in [-0.1, -0.05) is 24.3 Å². The third-order valence-electron chi connectivity index (χ3n) is 5.03. The third kappa shape index (κ3) is 4.88. The second-order valence-corrected chi connectivity index (χ2v) is 7.17. The molecule has 1 fully saturated rings. The van der Waals surface area contributed by atoms with Crippen molar-refractivity contribution in [1.29, 1.82) is 0 Å². The molecule has 1 N–H and O–H groups in total. The van der Waals surface area contributed by atoms with Crippen molar-refractivity contribution in [3.05, 3.63) is 59.4 Å². The van der Waals surface area contributed by atoms with Gasteiger partial charge in [0.15, 0.2) is 5.78 Å². The Balaban J connectivity index is 1.47. The highest BCUT2D eigenvalue weighted by atomic mass is 16.5. The van der Waals surface area contributed by atoms with Gasteiger partial charge in [-0.2, -0.15) is 0 Å². The maximum Gasteiger partial charge on any atom is 0.317 e. The van der Waals surface area contributed by atoms with Crippen LogP contribution in [0.1, 0.15) is 34.5 Å². The van der Waals surface area contributed by atoms with E-state index in [1.165, 1.54) is 0 Å². The molecule has 0 bridgehead atoms. The fraction of sp³-hybridized carbons (Fsp3) is 0.409. The second-order valence-electron chi connectivity index (χ2n) is 7.17. The molecule has 2 amide bonds. The molecule has 2 aromatic rings. The number of likely N-dealkylation sites (tertiary alicyclic amines) is 1. The molecule has 1 aromatic heterocycles. The molecule has 148 valence electrons. The number of rotatable bonds is 6. The van der Waals surface area contributed by atoms with Gasteiger partial charge in [0.05, 0.1) is 6.54 Å². The van der Waals surface area contributed by atoms with Gasteiger partial charge in [-0.05, 0) is 49.9 Å². The average molecular weight is 381 g/mol. The summed E-state index contributed by atoms with van der Waals surface area (Å²) in [4.78, 5) is 30.9. The number of Topliss-reactive ketones (excluding diaryl/α,β-unsaturated/α-hetero) is 1. The van der Waals surface area contributed by atoms with Gasteiger partial charge in [-0.3, -0.25) is 9.78 Å². The summed E-state index contributed by atoms with van der Waals surface area (Å²) in [5.41, 5.74) is 2.63. The van der Waals surface area contributed by atoms with Crippen LogP contribution in [0.25, 0.3) is 0 Å². The fourth-order valence-electron chi connectivity index (χ4n) is 3.54. The summed E-state index contributed by atoms with van der Waals surface area (Å²) < 4.78 is 5.83. The Labute approximate surface area is 165 Å². The van der Waals surface area contributed by atoms with E-state index in [2.05, 4.69) is 10.3 Å². The number of para-hydroxylation sites is 1. The van der Waals surface area contributed by atoms with E-state index in [9.17, 15) is 9.59 Å². The van der Waals surface area contributed by atoms with Crippen LogP contribution in [0.5, 0.6) is 5.75 Å². The van der Waals surface area contributed by atoms with Crippen molar-refractivity contribution in [3.63, 3.8) is 0 Å². The topological polar surface area (TPSA) is 71.5 Å². The van der Waals surface area contributed by atoms with E-state index in [1.807, 2.05) is 38.1 Å². The number of nitrogens with zero attached hydrogens (tertiary/aromatic N) is 2. The smallest absolute Gasteiger partial charge is 0.317 e. The van der Waals surface area contributed by atoms with Crippen molar-refractivity contribution in [2.45, 2.75) is 26.7 Å². The Kier molecular flexibility index (Phi) is 6.63. The fourth-order valence-corrected chi connectivity index (χ4v) is 3.54. The highest BCUT2D eigenvalue weighted by molar-refractivity contribution is 5.96. The number of urea groups is 1. The van der Waals surface area contributed by atoms with Gasteiger partial charge in [0.1, 0.15) is 18.1 Å². The second kappa shape index (κ2) is 9.35. The van der Waals surface area contributed by atoms with Crippen LogP contribution in [-0.4, -0.2) is 47.9 Å². The number of carbonyl (C=O) groups is 2. The Hall–Kier alpha value is -2.89. The molecule has 1 atom stereocenters. The van der Waals surface area contributed by atoms with E-state index in [0.29, 0.717) is 31.9 Å². The van der Waals surface area contributed by atoms with Crippen LogP contribution in [0.3, 0.4) is 0 Å². The molecule has 1 unspecified atom stereocenters. The van der Waals surface area contributed by atoms with Crippen LogP contribution in [-0.2, 0) is 0 Å².